The Morgan fingerprint density at radius 3 is 2.88 bits per heavy atom. The van der Waals surface area contributed by atoms with Gasteiger partial charge in [0.05, 0.1) is 42.2 Å². The van der Waals surface area contributed by atoms with Crippen molar-refractivity contribution in [2.75, 3.05) is 31.2 Å². The lowest BCUT2D eigenvalue weighted by atomic mass is 10.1. The smallest absolute Gasteiger partial charge is 0.138 e. The van der Waals surface area contributed by atoms with Crippen LogP contribution in [0.5, 0.6) is 5.75 Å². The van der Waals surface area contributed by atoms with E-state index < -0.39 is 0 Å². The molecule has 164 valence electrons. The maximum absolute atomic E-state index is 9.51. The molecule has 32 heavy (non-hydrogen) atoms. The van der Waals surface area contributed by atoms with E-state index in [1.54, 1.807) is 23.1 Å². The molecule has 0 saturated carbocycles. The monoisotopic (exact) mass is 432 g/mol. The van der Waals surface area contributed by atoms with Crippen LogP contribution >= 0.6 is 0 Å². The van der Waals surface area contributed by atoms with Crippen molar-refractivity contribution in [2.24, 2.45) is 5.11 Å². The Kier molecular flexibility index (Phi) is 6.40. The average molecular weight is 432 g/mol. The molecule has 1 aliphatic rings. The Morgan fingerprint density at radius 1 is 1.31 bits per heavy atom. The molecule has 0 amide bonds. The number of azide groups is 1. The zero-order chi connectivity index (χ0) is 22.5. The highest BCUT2D eigenvalue weighted by molar-refractivity contribution is 5.85. The SMILES string of the molecule is CCCO[C@@H]1CN(c2ccc(-c3cc(OCC)cn4ncc(C#N)c34)cn2)C[C@H]1N=[N+]=[N-]. The van der Waals surface area contributed by atoms with Gasteiger partial charge in [-0.15, -0.1) is 0 Å². The molecule has 4 rings (SSSR count). The largest absolute Gasteiger partial charge is 0.492 e. The first-order valence-corrected chi connectivity index (χ1v) is 10.6. The molecule has 0 bridgehead atoms. The first kappa shape index (κ1) is 21.4. The number of aromatic nitrogens is 3. The number of fused-ring (bicyclic) bond motifs is 1. The number of nitrogens with zero attached hydrogens (tertiary/aromatic N) is 8. The highest BCUT2D eigenvalue weighted by Gasteiger charge is 2.33. The van der Waals surface area contributed by atoms with E-state index in [0.717, 1.165) is 23.4 Å². The van der Waals surface area contributed by atoms with E-state index in [0.29, 0.717) is 43.1 Å². The van der Waals surface area contributed by atoms with E-state index in [4.69, 9.17) is 15.0 Å². The molecule has 0 unspecified atom stereocenters. The summed E-state index contributed by atoms with van der Waals surface area (Å²) in [6.07, 6.45) is 5.84. The topological polar surface area (TPSA) is 124 Å². The molecule has 4 heterocycles. The van der Waals surface area contributed by atoms with Crippen molar-refractivity contribution in [2.45, 2.75) is 32.4 Å². The van der Waals surface area contributed by atoms with Gasteiger partial charge in [0.25, 0.3) is 0 Å². The molecule has 1 saturated heterocycles. The van der Waals surface area contributed by atoms with Crippen molar-refractivity contribution < 1.29 is 9.47 Å². The molecule has 0 radical (unpaired) electrons. The molecule has 0 N–H and O–H groups in total. The lowest BCUT2D eigenvalue weighted by Crippen LogP contribution is -2.26. The molecule has 3 aromatic heterocycles. The number of rotatable bonds is 8. The van der Waals surface area contributed by atoms with Crippen molar-refractivity contribution in [1.82, 2.24) is 14.6 Å². The van der Waals surface area contributed by atoms with Gasteiger partial charge in [0.15, 0.2) is 0 Å². The van der Waals surface area contributed by atoms with Gasteiger partial charge >= 0.3 is 0 Å². The summed E-state index contributed by atoms with van der Waals surface area (Å²) in [5, 5.41) is 17.7. The highest BCUT2D eigenvalue weighted by Crippen LogP contribution is 2.32. The molecular weight excluding hydrogens is 408 g/mol. The van der Waals surface area contributed by atoms with Gasteiger partial charge in [-0.2, -0.15) is 10.4 Å². The van der Waals surface area contributed by atoms with Crippen LogP contribution in [0.1, 0.15) is 25.8 Å². The molecular formula is C22H24N8O2. The Labute approximate surface area is 185 Å². The van der Waals surface area contributed by atoms with Crippen LogP contribution in [0.25, 0.3) is 27.1 Å². The molecule has 2 atom stereocenters. The van der Waals surface area contributed by atoms with Gasteiger partial charge in [-0.05, 0) is 37.1 Å². The Morgan fingerprint density at radius 2 is 2.19 bits per heavy atom. The minimum absolute atomic E-state index is 0.153. The number of hydrogen-bond donors (Lipinski definition) is 0. The third-order valence-corrected chi connectivity index (χ3v) is 5.37. The maximum Gasteiger partial charge on any atom is 0.138 e. The van der Waals surface area contributed by atoms with Crippen molar-refractivity contribution in [3.63, 3.8) is 0 Å². The molecule has 10 heteroatoms. The predicted molar refractivity (Wildman–Crippen MR) is 119 cm³/mol. The van der Waals surface area contributed by atoms with E-state index in [2.05, 4.69) is 31.1 Å². The lowest BCUT2D eigenvalue weighted by Gasteiger charge is -2.18. The average Bonchev–Trinajstić information content (AvgIpc) is 3.41. The second-order valence-corrected chi connectivity index (χ2v) is 7.48. The fourth-order valence-corrected chi connectivity index (χ4v) is 3.93. The van der Waals surface area contributed by atoms with Crippen molar-refractivity contribution >= 4 is 11.3 Å². The van der Waals surface area contributed by atoms with Crippen LogP contribution < -0.4 is 9.64 Å². The van der Waals surface area contributed by atoms with Crippen molar-refractivity contribution in [3.05, 3.63) is 52.8 Å². The predicted octanol–water partition coefficient (Wildman–Crippen LogP) is 3.96. The first-order chi connectivity index (χ1) is 15.7. The molecule has 0 aromatic carbocycles. The Hall–Kier alpha value is -3.80. The van der Waals surface area contributed by atoms with Gasteiger partial charge in [0.2, 0.25) is 0 Å². The van der Waals surface area contributed by atoms with Gasteiger partial charge in [-0.1, -0.05) is 12.0 Å². The number of hydrogen-bond acceptors (Lipinski definition) is 7. The van der Waals surface area contributed by atoms with Gasteiger partial charge in [-0.3, -0.25) is 0 Å². The van der Waals surface area contributed by atoms with Gasteiger partial charge in [-0.25, -0.2) is 9.50 Å². The summed E-state index contributed by atoms with van der Waals surface area (Å²) in [6, 6.07) is 7.74. The molecule has 1 aliphatic heterocycles. The maximum atomic E-state index is 9.51. The fourth-order valence-electron chi connectivity index (χ4n) is 3.93. The zero-order valence-corrected chi connectivity index (χ0v) is 18.0. The van der Waals surface area contributed by atoms with Gasteiger partial charge < -0.3 is 14.4 Å². The molecule has 0 aliphatic carbocycles. The van der Waals surface area contributed by atoms with E-state index in [1.165, 1.54) is 0 Å². The number of ether oxygens (including phenoxy) is 2. The number of pyridine rings is 2. The van der Waals surface area contributed by atoms with Crippen LogP contribution in [0.4, 0.5) is 5.82 Å². The van der Waals surface area contributed by atoms with Crippen molar-refractivity contribution in [1.29, 1.82) is 5.26 Å². The number of nitriles is 1. The summed E-state index contributed by atoms with van der Waals surface area (Å²) >= 11 is 0. The molecule has 1 fully saturated rings. The number of anilines is 1. The van der Waals surface area contributed by atoms with Gasteiger partial charge in [0.1, 0.15) is 17.6 Å². The third kappa shape index (κ3) is 4.17. The van der Waals surface area contributed by atoms with Crippen LogP contribution in [0.15, 0.2) is 41.9 Å². The Balaban J connectivity index is 1.64. The zero-order valence-electron chi connectivity index (χ0n) is 18.0. The second kappa shape index (κ2) is 9.56. The summed E-state index contributed by atoms with van der Waals surface area (Å²) < 4.78 is 13.2. The Bertz CT molecular complexity index is 1180. The van der Waals surface area contributed by atoms with Crippen molar-refractivity contribution in [3.8, 4) is 22.9 Å². The summed E-state index contributed by atoms with van der Waals surface area (Å²) in [5.41, 5.74) is 11.8. The summed E-state index contributed by atoms with van der Waals surface area (Å²) in [4.78, 5) is 9.69. The van der Waals surface area contributed by atoms with Crippen LogP contribution in [0.2, 0.25) is 0 Å². The summed E-state index contributed by atoms with van der Waals surface area (Å²) in [6.45, 7) is 6.28. The van der Waals surface area contributed by atoms with Crippen LogP contribution in [-0.4, -0.2) is 53.0 Å². The molecule has 3 aromatic rings. The third-order valence-electron chi connectivity index (χ3n) is 5.37. The minimum Gasteiger partial charge on any atom is -0.492 e. The summed E-state index contributed by atoms with van der Waals surface area (Å²) in [5.74, 6) is 1.44. The lowest BCUT2D eigenvalue weighted by molar-refractivity contribution is 0.0587. The quantitative estimate of drug-likeness (QED) is 0.301. The fraction of sp³-hybridized carbons (Fsp3) is 0.409. The molecule has 0 spiro atoms. The van der Waals surface area contributed by atoms with E-state index in [1.807, 2.05) is 32.0 Å². The van der Waals surface area contributed by atoms with Crippen LogP contribution in [0.3, 0.4) is 0 Å². The van der Waals surface area contributed by atoms with Gasteiger partial charge in [0, 0.05) is 41.9 Å². The van der Waals surface area contributed by atoms with Crippen LogP contribution in [0, 0.1) is 11.3 Å². The van der Waals surface area contributed by atoms with E-state index in [-0.39, 0.29) is 12.1 Å². The standard InChI is InChI=1S/C22H24N8O2/c1-3-7-32-20-14-29(13-19(20)27-28-24)21-6-5-15(10-25-21)18-8-17(31-4-2)12-30-22(18)16(9-23)11-26-30/h5-6,8,10-12,19-20H,3-4,7,13-14H2,1-2H3/t19-,20-/m1/s1. The minimum atomic E-state index is -0.250. The first-order valence-electron chi connectivity index (χ1n) is 10.6. The van der Waals surface area contributed by atoms with E-state index in [9.17, 15) is 5.26 Å². The summed E-state index contributed by atoms with van der Waals surface area (Å²) in [7, 11) is 0. The highest BCUT2D eigenvalue weighted by atomic mass is 16.5. The normalized spacial score (nSPS) is 17.8. The molecule has 10 nitrogen and oxygen atoms in total. The van der Waals surface area contributed by atoms with Crippen LogP contribution in [-0.2, 0) is 4.74 Å². The van der Waals surface area contributed by atoms with E-state index >= 15 is 0 Å². The second-order valence-electron chi connectivity index (χ2n) is 7.48.